The van der Waals surface area contributed by atoms with Crippen molar-refractivity contribution < 1.29 is 14.3 Å². The molecule has 1 unspecified atom stereocenters. The first kappa shape index (κ1) is 19.1. The molecule has 4 aliphatic carbocycles. The first-order chi connectivity index (χ1) is 14.1. The molecule has 1 aromatic rings. The van der Waals surface area contributed by atoms with Gasteiger partial charge in [0, 0.05) is 19.1 Å². The van der Waals surface area contributed by atoms with Crippen molar-refractivity contribution in [1.82, 2.24) is 10.2 Å². The lowest BCUT2D eigenvalue weighted by atomic mass is 9.47. The standard InChI is InChI=1S/C24H32N2O3/c27-22-15-26(7-6-25-22)21(11-23(28)29-16-17-4-2-1-3-5-17)24-12-18-8-19(13-24)10-20(9-18)14-24/h1-5,18-21H,6-16H2,(H,25,27). The quantitative estimate of drug-likeness (QED) is 0.751. The predicted molar refractivity (Wildman–Crippen MR) is 110 cm³/mol. The van der Waals surface area contributed by atoms with Gasteiger partial charge >= 0.3 is 5.97 Å². The number of nitrogens with zero attached hydrogens (tertiary/aromatic N) is 1. The van der Waals surface area contributed by atoms with E-state index in [1.807, 2.05) is 30.3 Å². The number of rotatable bonds is 6. The molecule has 4 saturated carbocycles. The van der Waals surface area contributed by atoms with Gasteiger partial charge in [-0.25, -0.2) is 0 Å². The number of benzene rings is 1. The van der Waals surface area contributed by atoms with Crippen LogP contribution in [0.4, 0.5) is 0 Å². The highest BCUT2D eigenvalue weighted by Gasteiger charge is 2.56. The average molecular weight is 397 g/mol. The summed E-state index contributed by atoms with van der Waals surface area (Å²) in [4.78, 5) is 27.3. The van der Waals surface area contributed by atoms with Crippen LogP contribution in [0.3, 0.4) is 0 Å². The van der Waals surface area contributed by atoms with Crippen molar-refractivity contribution >= 4 is 11.9 Å². The minimum Gasteiger partial charge on any atom is -0.461 e. The van der Waals surface area contributed by atoms with Gasteiger partial charge in [-0.2, -0.15) is 0 Å². The number of esters is 1. The summed E-state index contributed by atoms with van der Waals surface area (Å²) in [5.41, 5.74) is 1.21. The molecule has 5 fully saturated rings. The molecule has 1 aliphatic heterocycles. The molecule has 6 rings (SSSR count). The smallest absolute Gasteiger partial charge is 0.307 e. The van der Waals surface area contributed by atoms with Gasteiger partial charge in [0.15, 0.2) is 0 Å². The number of carbonyl (C=O) groups excluding carboxylic acids is 2. The van der Waals surface area contributed by atoms with Crippen LogP contribution in [0.15, 0.2) is 30.3 Å². The van der Waals surface area contributed by atoms with E-state index in [-0.39, 0.29) is 23.3 Å². The lowest BCUT2D eigenvalue weighted by molar-refractivity contribution is -0.155. The maximum atomic E-state index is 12.9. The van der Waals surface area contributed by atoms with E-state index in [4.69, 9.17) is 4.74 Å². The summed E-state index contributed by atoms with van der Waals surface area (Å²) >= 11 is 0. The van der Waals surface area contributed by atoms with Crippen molar-refractivity contribution in [1.29, 1.82) is 0 Å². The van der Waals surface area contributed by atoms with E-state index in [1.54, 1.807) is 0 Å². The molecule has 5 heteroatoms. The summed E-state index contributed by atoms with van der Waals surface area (Å²) in [6, 6.07) is 10.00. The Balaban J connectivity index is 1.33. The highest BCUT2D eigenvalue weighted by Crippen LogP contribution is 2.62. The van der Waals surface area contributed by atoms with E-state index in [2.05, 4.69) is 10.2 Å². The number of ether oxygens (including phenoxy) is 1. The third-order valence-electron chi connectivity index (χ3n) is 7.90. The van der Waals surface area contributed by atoms with E-state index in [1.165, 1.54) is 38.5 Å². The van der Waals surface area contributed by atoms with Gasteiger partial charge in [0.1, 0.15) is 6.61 Å². The second kappa shape index (κ2) is 7.75. The van der Waals surface area contributed by atoms with Crippen LogP contribution in [0, 0.1) is 23.2 Å². The van der Waals surface area contributed by atoms with Gasteiger partial charge < -0.3 is 10.1 Å². The zero-order chi connectivity index (χ0) is 19.8. The minimum absolute atomic E-state index is 0.0867. The summed E-state index contributed by atoms with van der Waals surface area (Å²) in [7, 11) is 0. The summed E-state index contributed by atoms with van der Waals surface area (Å²) in [6.45, 7) is 2.26. The maximum Gasteiger partial charge on any atom is 0.307 e. The molecular formula is C24H32N2O3. The van der Waals surface area contributed by atoms with Crippen molar-refractivity contribution in [2.75, 3.05) is 19.6 Å². The van der Waals surface area contributed by atoms with Crippen LogP contribution in [-0.2, 0) is 20.9 Å². The molecule has 29 heavy (non-hydrogen) atoms. The highest BCUT2D eigenvalue weighted by molar-refractivity contribution is 5.79. The van der Waals surface area contributed by atoms with Gasteiger partial charge in [0.25, 0.3) is 0 Å². The van der Waals surface area contributed by atoms with Crippen LogP contribution in [0.25, 0.3) is 0 Å². The fourth-order valence-corrected chi connectivity index (χ4v) is 7.20. The number of piperazine rings is 1. The number of amides is 1. The molecule has 1 atom stereocenters. The van der Waals surface area contributed by atoms with Crippen LogP contribution in [0.5, 0.6) is 0 Å². The molecule has 156 valence electrons. The number of nitrogens with one attached hydrogen (secondary N) is 1. The van der Waals surface area contributed by atoms with Gasteiger partial charge in [-0.15, -0.1) is 0 Å². The van der Waals surface area contributed by atoms with Gasteiger partial charge in [-0.05, 0) is 67.3 Å². The topological polar surface area (TPSA) is 58.6 Å². The van der Waals surface area contributed by atoms with Crippen LogP contribution < -0.4 is 5.32 Å². The van der Waals surface area contributed by atoms with Gasteiger partial charge in [-0.1, -0.05) is 30.3 Å². The van der Waals surface area contributed by atoms with Crippen LogP contribution in [0.1, 0.15) is 50.5 Å². The Morgan fingerprint density at radius 2 is 1.76 bits per heavy atom. The Morgan fingerprint density at radius 3 is 2.38 bits per heavy atom. The third kappa shape index (κ3) is 3.94. The van der Waals surface area contributed by atoms with Crippen molar-refractivity contribution in [3.63, 3.8) is 0 Å². The first-order valence-corrected chi connectivity index (χ1v) is 11.3. The van der Waals surface area contributed by atoms with E-state index < -0.39 is 0 Å². The fourth-order valence-electron chi connectivity index (χ4n) is 7.20. The van der Waals surface area contributed by atoms with Crippen LogP contribution in [-0.4, -0.2) is 42.5 Å². The summed E-state index contributed by atoms with van der Waals surface area (Å²) in [6.07, 6.45) is 8.24. The Bertz CT molecular complexity index is 727. The summed E-state index contributed by atoms with van der Waals surface area (Å²) < 4.78 is 5.67. The molecule has 1 heterocycles. The zero-order valence-corrected chi connectivity index (χ0v) is 17.1. The van der Waals surface area contributed by atoms with Gasteiger partial charge in [-0.3, -0.25) is 14.5 Å². The first-order valence-electron chi connectivity index (χ1n) is 11.3. The second-order valence-corrected chi connectivity index (χ2v) is 9.97. The number of carbonyl (C=O) groups is 2. The fraction of sp³-hybridized carbons (Fsp3) is 0.667. The largest absolute Gasteiger partial charge is 0.461 e. The summed E-state index contributed by atoms with van der Waals surface area (Å²) in [5, 5.41) is 2.94. The van der Waals surface area contributed by atoms with E-state index in [0.717, 1.165) is 29.9 Å². The lowest BCUT2D eigenvalue weighted by Crippen LogP contribution is -2.61. The normalized spacial score (nSPS) is 34.6. The van der Waals surface area contributed by atoms with E-state index >= 15 is 0 Å². The molecule has 0 aromatic heterocycles. The Kier molecular flexibility index (Phi) is 5.10. The van der Waals surface area contributed by atoms with Crippen LogP contribution in [0.2, 0.25) is 0 Å². The monoisotopic (exact) mass is 396 g/mol. The predicted octanol–water partition coefficient (Wildman–Crippen LogP) is 3.14. The SMILES string of the molecule is O=C1CN(C(CC(=O)OCc2ccccc2)C23CC4CC(CC(C4)C2)C3)CCN1. The molecule has 0 spiro atoms. The molecular weight excluding hydrogens is 364 g/mol. The molecule has 1 amide bonds. The molecule has 4 bridgehead atoms. The molecule has 1 N–H and O–H groups in total. The Labute approximate surface area is 173 Å². The van der Waals surface area contributed by atoms with E-state index in [0.29, 0.717) is 26.1 Å². The highest BCUT2D eigenvalue weighted by atomic mass is 16.5. The van der Waals surface area contributed by atoms with Crippen molar-refractivity contribution in [2.24, 2.45) is 23.2 Å². The Morgan fingerprint density at radius 1 is 1.10 bits per heavy atom. The number of hydrogen-bond acceptors (Lipinski definition) is 4. The Hall–Kier alpha value is -1.88. The van der Waals surface area contributed by atoms with Gasteiger partial charge in [0.2, 0.25) is 5.91 Å². The van der Waals surface area contributed by atoms with E-state index in [9.17, 15) is 9.59 Å². The van der Waals surface area contributed by atoms with Gasteiger partial charge in [0.05, 0.1) is 13.0 Å². The maximum absolute atomic E-state index is 12.9. The average Bonchev–Trinajstić information content (AvgIpc) is 2.70. The second-order valence-electron chi connectivity index (χ2n) is 9.97. The number of hydrogen-bond donors (Lipinski definition) is 1. The van der Waals surface area contributed by atoms with Crippen molar-refractivity contribution in [2.45, 2.75) is 57.6 Å². The molecule has 1 saturated heterocycles. The lowest BCUT2D eigenvalue weighted by Gasteiger charge is -2.61. The molecule has 1 aromatic carbocycles. The minimum atomic E-state index is -0.124. The summed E-state index contributed by atoms with van der Waals surface area (Å²) in [5.74, 6) is 2.43. The van der Waals surface area contributed by atoms with Crippen molar-refractivity contribution in [3.8, 4) is 0 Å². The molecule has 5 nitrogen and oxygen atoms in total. The van der Waals surface area contributed by atoms with Crippen LogP contribution >= 0.6 is 0 Å². The van der Waals surface area contributed by atoms with Crippen molar-refractivity contribution in [3.05, 3.63) is 35.9 Å². The molecule has 0 radical (unpaired) electrons. The zero-order valence-electron chi connectivity index (χ0n) is 17.1. The third-order valence-corrected chi connectivity index (χ3v) is 7.90. The molecule has 5 aliphatic rings.